The number of hydrogen-bond donors (Lipinski definition) is 2. The lowest BCUT2D eigenvalue weighted by molar-refractivity contribution is 0.0861. The molecule has 1 saturated heterocycles. The Morgan fingerprint density at radius 2 is 2.00 bits per heavy atom. The van der Waals surface area contributed by atoms with E-state index in [-0.39, 0.29) is 35.2 Å². The van der Waals surface area contributed by atoms with Crippen LogP contribution in [0.25, 0.3) is 0 Å². The highest BCUT2D eigenvalue weighted by Gasteiger charge is 2.38. The quantitative estimate of drug-likeness (QED) is 0.789. The molecule has 4 rings (SSSR count). The van der Waals surface area contributed by atoms with Crippen LogP contribution >= 0.6 is 0 Å². The standard InChI is InChI=1S/C19H20F2N4O3/c1-27-19-17(18(26)24-14-7-15(28-9-14)10-2-3-10)25-16(8-22-19)23-13-5-11(20)4-12(21)6-13/h4-6,8,10,14-15H,2-3,7,9H2,1H3,(H,23,25)(H,24,26). The van der Waals surface area contributed by atoms with Crippen molar-refractivity contribution in [2.75, 3.05) is 19.0 Å². The lowest BCUT2D eigenvalue weighted by atomic mass is 10.1. The minimum atomic E-state index is -0.728. The maximum absolute atomic E-state index is 13.4. The van der Waals surface area contributed by atoms with E-state index in [2.05, 4.69) is 20.6 Å². The van der Waals surface area contributed by atoms with Gasteiger partial charge in [-0.3, -0.25) is 4.79 Å². The van der Waals surface area contributed by atoms with Crippen LogP contribution in [-0.4, -0.2) is 41.7 Å². The first-order valence-corrected chi connectivity index (χ1v) is 9.08. The topological polar surface area (TPSA) is 85.4 Å². The number of nitrogens with one attached hydrogen (secondary N) is 2. The second-order valence-electron chi connectivity index (χ2n) is 7.01. The second-order valence-corrected chi connectivity index (χ2v) is 7.01. The van der Waals surface area contributed by atoms with E-state index in [1.807, 2.05) is 0 Å². The van der Waals surface area contributed by atoms with Crippen LogP contribution in [0, 0.1) is 17.6 Å². The van der Waals surface area contributed by atoms with Gasteiger partial charge in [0.1, 0.15) is 17.5 Å². The number of amides is 1. The summed E-state index contributed by atoms with van der Waals surface area (Å²) in [5.41, 5.74) is 0.138. The molecule has 2 aromatic rings. The van der Waals surface area contributed by atoms with E-state index in [0.29, 0.717) is 12.5 Å². The van der Waals surface area contributed by atoms with Crippen LogP contribution in [0.3, 0.4) is 0 Å². The van der Waals surface area contributed by atoms with Gasteiger partial charge in [0.25, 0.3) is 5.91 Å². The van der Waals surface area contributed by atoms with E-state index < -0.39 is 17.5 Å². The maximum atomic E-state index is 13.4. The highest BCUT2D eigenvalue weighted by molar-refractivity contribution is 5.95. The fraction of sp³-hybridized carbons (Fsp3) is 0.421. The minimum absolute atomic E-state index is 0.0146. The van der Waals surface area contributed by atoms with Crippen LogP contribution in [0.5, 0.6) is 5.88 Å². The molecule has 0 spiro atoms. The van der Waals surface area contributed by atoms with Gasteiger partial charge in [-0.25, -0.2) is 18.7 Å². The van der Waals surface area contributed by atoms with Gasteiger partial charge in [0.05, 0.1) is 32.1 Å². The van der Waals surface area contributed by atoms with Gasteiger partial charge < -0.3 is 20.1 Å². The molecule has 148 valence electrons. The molecule has 1 saturated carbocycles. The molecule has 2 aliphatic rings. The summed E-state index contributed by atoms with van der Waals surface area (Å²) in [5.74, 6) is -1.07. The molecule has 1 aromatic carbocycles. The maximum Gasteiger partial charge on any atom is 0.275 e. The van der Waals surface area contributed by atoms with Crippen LogP contribution in [0.1, 0.15) is 29.8 Å². The second kappa shape index (κ2) is 7.67. The summed E-state index contributed by atoms with van der Waals surface area (Å²) < 4.78 is 37.6. The molecule has 1 aliphatic carbocycles. The van der Waals surface area contributed by atoms with Gasteiger partial charge in [-0.1, -0.05) is 0 Å². The molecular formula is C19H20F2N4O3. The molecule has 1 aromatic heterocycles. The first-order valence-electron chi connectivity index (χ1n) is 9.08. The fourth-order valence-electron chi connectivity index (χ4n) is 3.32. The Morgan fingerprint density at radius 1 is 1.25 bits per heavy atom. The first kappa shape index (κ1) is 18.5. The number of nitrogens with zero attached hydrogens (tertiary/aromatic N) is 2. The third kappa shape index (κ3) is 4.19. The lowest BCUT2D eigenvalue weighted by Crippen LogP contribution is -2.36. The number of carbonyl (C=O) groups excluding carboxylic acids is 1. The van der Waals surface area contributed by atoms with Crippen molar-refractivity contribution in [2.24, 2.45) is 5.92 Å². The van der Waals surface area contributed by atoms with Gasteiger partial charge in [0, 0.05) is 11.8 Å². The van der Waals surface area contributed by atoms with Gasteiger partial charge in [-0.05, 0) is 37.3 Å². The Bertz CT molecular complexity index is 871. The van der Waals surface area contributed by atoms with Gasteiger partial charge in [0.2, 0.25) is 5.88 Å². The van der Waals surface area contributed by atoms with Crippen molar-refractivity contribution in [3.63, 3.8) is 0 Å². The molecule has 2 heterocycles. The third-order valence-electron chi connectivity index (χ3n) is 4.79. The van der Waals surface area contributed by atoms with Gasteiger partial charge in [-0.2, -0.15) is 0 Å². The van der Waals surface area contributed by atoms with Crippen LogP contribution in [0.2, 0.25) is 0 Å². The van der Waals surface area contributed by atoms with Crippen LogP contribution in [0.4, 0.5) is 20.3 Å². The van der Waals surface area contributed by atoms with E-state index in [0.717, 1.165) is 24.6 Å². The summed E-state index contributed by atoms with van der Waals surface area (Å²) in [4.78, 5) is 21.0. The number of hydrogen-bond acceptors (Lipinski definition) is 6. The molecule has 1 amide bonds. The molecule has 2 fully saturated rings. The van der Waals surface area contributed by atoms with Gasteiger partial charge in [0.15, 0.2) is 5.69 Å². The highest BCUT2D eigenvalue weighted by atomic mass is 19.1. The monoisotopic (exact) mass is 390 g/mol. The summed E-state index contributed by atoms with van der Waals surface area (Å²) >= 11 is 0. The van der Waals surface area contributed by atoms with E-state index >= 15 is 0 Å². The number of benzene rings is 1. The zero-order valence-electron chi connectivity index (χ0n) is 15.2. The Labute approximate surface area is 160 Å². The van der Waals surface area contributed by atoms with Gasteiger partial charge in [-0.15, -0.1) is 0 Å². The fourth-order valence-corrected chi connectivity index (χ4v) is 3.32. The van der Waals surface area contributed by atoms with Crippen LogP contribution in [-0.2, 0) is 4.74 Å². The van der Waals surface area contributed by atoms with Crippen molar-refractivity contribution in [1.29, 1.82) is 0 Å². The zero-order valence-corrected chi connectivity index (χ0v) is 15.2. The number of rotatable bonds is 6. The van der Waals surface area contributed by atoms with Crippen molar-refractivity contribution >= 4 is 17.4 Å². The average Bonchev–Trinajstić information content (AvgIpc) is 3.40. The first-order chi connectivity index (χ1) is 13.5. The van der Waals surface area contributed by atoms with E-state index in [4.69, 9.17) is 9.47 Å². The summed E-state index contributed by atoms with van der Waals surface area (Å²) in [5, 5.41) is 5.64. The van der Waals surface area contributed by atoms with Gasteiger partial charge >= 0.3 is 0 Å². The number of halogens is 2. The average molecular weight is 390 g/mol. The molecule has 0 radical (unpaired) electrons. The predicted octanol–water partition coefficient (Wildman–Crippen LogP) is 2.80. The lowest BCUT2D eigenvalue weighted by Gasteiger charge is -2.13. The molecule has 28 heavy (non-hydrogen) atoms. The summed E-state index contributed by atoms with van der Waals surface area (Å²) in [6.45, 7) is 0.461. The van der Waals surface area contributed by atoms with E-state index in [1.54, 1.807) is 0 Å². The molecule has 9 heteroatoms. The Balaban J connectivity index is 1.48. The molecule has 0 bridgehead atoms. The number of ether oxygens (including phenoxy) is 2. The molecule has 7 nitrogen and oxygen atoms in total. The Morgan fingerprint density at radius 3 is 2.68 bits per heavy atom. The zero-order chi connectivity index (χ0) is 19.7. The third-order valence-corrected chi connectivity index (χ3v) is 4.79. The smallest absolute Gasteiger partial charge is 0.275 e. The molecule has 2 N–H and O–H groups in total. The number of anilines is 2. The van der Waals surface area contributed by atoms with Crippen molar-refractivity contribution in [3.05, 3.63) is 41.7 Å². The SMILES string of the molecule is COc1ncc(Nc2cc(F)cc(F)c2)nc1C(=O)NC1COC(C2CC2)C1. The normalized spacial score (nSPS) is 21.4. The van der Waals surface area contributed by atoms with E-state index in [1.165, 1.54) is 26.1 Å². The van der Waals surface area contributed by atoms with Crippen LogP contribution in [0.15, 0.2) is 24.4 Å². The number of methoxy groups -OCH3 is 1. The minimum Gasteiger partial charge on any atom is -0.479 e. The number of aromatic nitrogens is 2. The molecule has 1 aliphatic heterocycles. The largest absolute Gasteiger partial charge is 0.479 e. The summed E-state index contributed by atoms with van der Waals surface area (Å²) in [6.07, 6.45) is 4.65. The summed E-state index contributed by atoms with van der Waals surface area (Å²) in [7, 11) is 1.39. The van der Waals surface area contributed by atoms with Crippen molar-refractivity contribution in [1.82, 2.24) is 15.3 Å². The van der Waals surface area contributed by atoms with Crippen LogP contribution < -0.4 is 15.4 Å². The molecule has 2 unspecified atom stereocenters. The molecular weight excluding hydrogens is 370 g/mol. The van der Waals surface area contributed by atoms with Crippen molar-refractivity contribution in [3.8, 4) is 5.88 Å². The van der Waals surface area contributed by atoms with E-state index in [9.17, 15) is 13.6 Å². The van der Waals surface area contributed by atoms with Crippen molar-refractivity contribution < 1.29 is 23.0 Å². The predicted molar refractivity (Wildman–Crippen MR) is 96.6 cm³/mol. The van der Waals surface area contributed by atoms with Crippen molar-refractivity contribution in [2.45, 2.75) is 31.4 Å². The highest BCUT2D eigenvalue weighted by Crippen LogP contribution is 2.38. The number of carbonyl (C=O) groups is 1. The Kier molecular flexibility index (Phi) is 5.08. The Hall–Kier alpha value is -2.81. The molecule has 2 atom stereocenters. The summed E-state index contributed by atoms with van der Waals surface area (Å²) in [6, 6.07) is 2.90.